The Balaban J connectivity index is 1.27. The first-order valence-corrected chi connectivity index (χ1v) is 8.83. The fourth-order valence-electron chi connectivity index (χ4n) is 3.04. The van der Waals surface area contributed by atoms with Crippen LogP contribution in [0.3, 0.4) is 0 Å². The highest BCUT2D eigenvalue weighted by atomic mass is 16.5. The van der Waals surface area contributed by atoms with Gasteiger partial charge in [-0.3, -0.25) is 9.59 Å². The molecule has 4 heterocycles. The number of esters is 1. The lowest BCUT2D eigenvalue weighted by atomic mass is 10.3. The third-order valence-corrected chi connectivity index (χ3v) is 4.55. The molecule has 3 aromatic rings. The van der Waals surface area contributed by atoms with E-state index >= 15 is 0 Å². The summed E-state index contributed by atoms with van der Waals surface area (Å²) in [6, 6.07) is 8.68. The second kappa shape index (κ2) is 7.55. The maximum atomic E-state index is 12.3. The lowest BCUT2D eigenvalue weighted by Gasteiger charge is -2.34. The molecule has 1 aliphatic rings. The van der Waals surface area contributed by atoms with E-state index in [1.165, 1.54) is 6.26 Å². The number of imidazole rings is 1. The summed E-state index contributed by atoms with van der Waals surface area (Å²) in [6.07, 6.45) is 4.78. The number of hydrogen-bond donors (Lipinski definition) is 0. The summed E-state index contributed by atoms with van der Waals surface area (Å²) < 4.78 is 11.9. The second-order valence-corrected chi connectivity index (χ2v) is 6.32. The molecule has 0 spiro atoms. The zero-order valence-electron chi connectivity index (χ0n) is 15.0. The molecule has 9 nitrogen and oxygen atoms in total. The standard InChI is InChI=1S/C19H18N4O5/c24-17(13-28-19(26)14-12-23-6-2-1-5-16(23)20-14)21-7-9-22(10-8-21)18(25)15-4-3-11-27-15/h1-6,11-12H,7-10,13H2. The van der Waals surface area contributed by atoms with Crippen molar-refractivity contribution in [3.05, 3.63) is 60.4 Å². The van der Waals surface area contributed by atoms with E-state index in [1.54, 1.807) is 44.8 Å². The maximum Gasteiger partial charge on any atom is 0.359 e. The molecule has 4 rings (SSSR count). The van der Waals surface area contributed by atoms with Crippen molar-refractivity contribution in [2.24, 2.45) is 0 Å². The number of carbonyl (C=O) groups is 3. The Morgan fingerprint density at radius 3 is 2.54 bits per heavy atom. The van der Waals surface area contributed by atoms with Gasteiger partial charge < -0.3 is 23.4 Å². The molecular weight excluding hydrogens is 364 g/mol. The number of ether oxygens (including phenoxy) is 1. The van der Waals surface area contributed by atoms with Crippen LogP contribution in [0.5, 0.6) is 0 Å². The Kier molecular flexibility index (Phi) is 4.79. The molecule has 0 N–H and O–H groups in total. The number of rotatable bonds is 4. The molecule has 0 bridgehead atoms. The number of hydrogen-bond acceptors (Lipinski definition) is 6. The first-order chi connectivity index (χ1) is 13.6. The molecule has 2 amide bonds. The number of nitrogens with zero attached hydrogens (tertiary/aromatic N) is 4. The van der Waals surface area contributed by atoms with Crippen molar-refractivity contribution in [2.75, 3.05) is 32.8 Å². The number of furan rings is 1. The first kappa shape index (κ1) is 17.8. The predicted molar refractivity (Wildman–Crippen MR) is 96.7 cm³/mol. The zero-order chi connectivity index (χ0) is 19.5. The average molecular weight is 382 g/mol. The molecule has 28 heavy (non-hydrogen) atoms. The highest BCUT2D eigenvalue weighted by Gasteiger charge is 2.26. The van der Waals surface area contributed by atoms with Crippen molar-refractivity contribution < 1.29 is 23.5 Å². The largest absolute Gasteiger partial charge is 0.459 e. The van der Waals surface area contributed by atoms with Gasteiger partial charge in [0.05, 0.1) is 6.26 Å². The molecule has 1 saturated heterocycles. The van der Waals surface area contributed by atoms with Gasteiger partial charge >= 0.3 is 5.97 Å². The minimum atomic E-state index is -0.649. The molecular formula is C19H18N4O5. The number of aromatic nitrogens is 2. The molecule has 144 valence electrons. The highest BCUT2D eigenvalue weighted by molar-refractivity contribution is 5.92. The van der Waals surface area contributed by atoms with Crippen molar-refractivity contribution in [2.45, 2.75) is 0 Å². The average Bonchev–Trinajstić information content (AvgIpc) is 3.41. The Hall–Kier alpha value is -3.62. The normalized spacial score (nSPS) is 14.3. The van der Waals surface area contributed by atoms with E-state index in [9.17, 15) is 14.4 Å². The number of pyridine rings is 1. The van der Waals surface area contributed by atoms with Gasteiger partial charge in [-0.15, -0.1) is 0 Å². The van der Waals surface area contributed by atoms with Gasteiger partial charge in [0.1, 0.15) is 5.65 Å². The van der Waals surface area contributed by atoms with E-state index in [1.807, 2.05) is 12.1 Å². The van der Waals surface area contributed by atoms with Crippen LogP contribution in [0.15, 0.2) is 53.4 Å². The predicted octanol–water partition coefficient (Wildman–Crippen LogP) is 1.07. The van der Waals surface area contributed by atoms with Gasteiger partial charge in [-0.05, 0) is 24.3 Å². The minimum absolute atomic E-state index is 0.146. The summed E-state index contributed by atoms with van der Waals surface area (Å²) in [7, 11) is 0. The molecule has 1 aliphatic heterocycles. The topological polar surface area (TPSA) is 97.4 Å². The monoisotopic (exact) mass is 382 g/mol. The molecule has 1 fully saturated rings. The van der Waals surface area contributed by atoms with Crippen LogP contribution in [0.4, 0.5) is 0 Å². The van der Waals surface area contributed by atoms with Crippen molar-refractivity contribution in [1.82, 2.24) is 19.2 Å². The minimum Gasteiger partial charge on any atom is -0.459 e. The molecule has 9 heteroatoms. The van der Waals surface area contributed by atoms with Crippen LogP contribution in [-0.2, 0) is 9.53 Å². The van der Waals surface area contributed by atoms with Gasteiger partial charge in [0.25, 0.3) is 11.8 Å². The summed E-state index contributed by atoms with van der Waals surface area (Å²) >= 11 is 0. The van der Waals surface area contributed by atoms with Gasteiger partial charge in [-0.1, -0.05) is 6.07 Å². The van der Waals surface area contributed by atoms with Crippen LogP contribution in [0, 0.1) is 0 Å². The molecule has 0 saturated carbocycles. The summed E-state index contributed by atoms with van der Waals surface area (Å²) in [5.74, 6) is -0.873. The van der Waals surface area contributed by atoms with E-state index in [0.29, 0.717) is 31.8 Å². The first-order valence-electron chi connectivity index (χ1n) is 8.83. The van der Waals surface area contributed by atoms with Crippen LogP contribution in [-0.4, -0.2) is 69.8 Å². The van der Waals surface area contributed by atoms with Gasteiger partial charge in [0.15, 0.2) is 18.1 Å². The lowest BCUT2D eigenvalue weighted by Crippen LogP contribution is -2.51. The van der Waals surface area contributed by atoms with Crippen LogP contribution >= 0.6 is 0 Å². The molecule has 0 unspecified atom stereocenters. The number of carbonyl (C=O) groups excluding carboxylic acids is 3. The summed E-state index contributed by atoms with van der Waals surface area (Å²) in [5, 5.41) is 0. The highest BCUT2D eigenvalue weighted by Crippen LogP contribution is 2.10. The Morgan fingerprint density at radius 1 is 1.04 bits per heavy atom. The molecule has 0 aromatic carbocycles. The third-order valence-electron chi connectivity index (χ3n) is 4.55. The number of piperazine rings is 1. The van der Waals surface area contributed by atoms with Crippen LogP contribution in [0.2, 0.25) is 0 Å². The van der Waals surface area contributed by atoms with Gasteiger partial charge in [-0.2, -0.15) is 0 Å². The van der Waals surface area contributed by atoms with Crippen LogP contribution in [0.1, 0.15) is 21.0 Å². The fraction of sp³-hybridized carbons (Fsp3) is 0.263. The Morgan fingerprint density at radius 2 is 1.82 bits per heavy atom. The number of fused-ring (bicyclic) bond motifs is 1. The maximum absolute atomic E-state index is 12.3. The lowest BCUT2D eigenvalue weighted by molar-refractivity contribution is -0.136. The van der Waals surface area contributed by atoms with E-state index in [0.717, 1.165) is 0 Å². The third kappa shape index (κ3) is 3.59. The van der Waals surface area contributed by atoms with Crippen molar-refractivity contribution in [3.8, 4) is 0 Å². The van der Waals surface area contributed by atoms with Crippen LogP contribution < -0.4 is 0 Å². The summed E-state index contributed by atoms with van der Waals surface area (Å²) in [6.45, 7) is 1.17. The zero-order valence-corrected chi connectivity index (χ0v) is 15.0. The second-order valence-electron chi connectivity index (χ2n) is 6.32. The summed E-state index contributed by atoms with van der Waals surface area (Å²) in [5.41, 5.74) is 0.769. The molecule has 0 aliphatic carbocycles. The van der Waals surface area contributed by atoms with E-state index in [4.69, 9.17) is 9.15 Å². The van der Waals surface area contributed by atoms with Crippen LogP contribution in [0.25, 0.3) is 5.65 Å². The molecule has 0 radical (unpaired) electrons. The van der Waals surface area contributed by atoms with E-state index in [-0.39, 0.29) is 29.9 Å². The quantitative estimate of drug-likeness (QED) is 0.626. The van der Waals surface area contributed by atoms with E-state index < -0.39 is 5.97 Å². The fourth-order valence-corrected chi connectivity index (χ4v) is 3.04. The SMILES string of the molecule is O=C(OCC(=O)N1CCN(C(=O)c2ccco2)CC1)c1cn2ccccc2n1. The Bertz CT molecular complexity index is 969. The smallest absolute Gasteiger partial charge is 0.359 e. The molecule has 0 atom stereocenters. The van der Waals surface area contributed by atoms with E-state index in [2.05, 4.69) is 4.98 Å². The number of amides is 2. The van der Waals surface area contributed by atoms with Gasteiger partial charge in [0, 0.05) is 38.6 Å². The van der Waals surface area contributed by atoms with Gasteiger partial charge in [-0.25, -0.2) is 9.78 Å². The van der Waals surface area contributed by atoms with Gasteiger partial charge in [0.2, 0.25) is 0 Å². The molecule has 3 aromatic heterocycles. The van der Waals surface area contributed by atoms with Crippen molar-refractivity contribution >= 4 is 23.4 Å². The van der Waals surface area contributed by atoms with Crippen molar-refractivity contribution in [1.29, 1.82) is 0 Å². The van der Waals surface area contributed by atoms with Crippen molar-refractivity contribution in [3.63, 3.8) is 0 Å². The summed E-state index contributed by atoms with van der Waals surface area (Å²) in [4.78, 5) is 44.1. The Labute approximate surface area is 160 Å².